The number of hydrogen-bond donors (Lipinski definition) is 2. The zero-order valence-electron chi connectivity index (χ0n) is 10.7. The number of rotatable bonds is 3. The van der Waals surface area contributed by atoms with E-state index in [1.54, 1.807) is 36.4 Å². The Balaban J connectivity index is 2.33. The van der Waals surface area contributed by atoms with Crippen LogP contribution in [0, 0.1) is 3.57 Å². The fourth-order valence-corrected chi connectivity index (χ4v) is 2.27. The van der Waals surface area contributed by atoms with Crippen molar-refractivity contribution in [1.29, 1.82) is 0 Å². The van der Waals surface area contributed by atoms with E-state index in [0.29, 0.717) is 11.3 Å². The molecule has 0 atom stereocenters. The molecule has 2 aromatic rings. The van der Waals surface area contributed by atoms with Crippen molar-refractivity contribution in [1.82, 2.24) is 0 Å². The van der Waals surface area contributed by atoms with Crippen LogP contribution < -0.4 is 5.32 Å². The SMILES string of the molecule is CC(=O)c1ccccc1NC(=O)c1cc(I)ccc1O. The summed E-state index contributed by atoms with van der Waals surface area (Å²) in [6, 6.07) is 11.5. The summed E-state index contributed by atoms with van der Waals surface area (Å²) < 4.78 is 0.838. The van der Waals surface area contributed by atoms with Crippen LogP contribution in [0.4, 0.5) is 5.69 Å². The Hall–Kier alpha value is -1.89. The van der Waals surface area contributed by atoms with E-state index < -0.39 is 5.91 Å². The van der Waals surface area contributed by atoms with Crippen LogP contribution in [0.15, 0.2) is 42.5 Å². The first-order valence-electron chi connectivity index (χ1n) is 5.89. The van der Waals surface area contributed by atoms with Crippen LogP contribution in [0.5, 0.6) is 5.75 Å². The number of anilines is 1. The molecular weight excluding hydrogens is 369 g/mol. The number of carbonyl (C=O) groups excluding carboxylic acids is 2. The molecule has 0 heterocycles. The van der Waals surface area contributed by atoms with E-state index >= 15 is 0 Å². The quantitative estimate of drug-likeness (QED) is 0.632. The molecule has 0 aliphatic heterocycles. The van der Waals surface area contributed by atoms with Crippen molar-refractivity contribution in [3.05, 3.63) is 57.2 Å². The molecule has 0 radical (unpaired) electrons. The van der Waals surface area contributed by atoms with Crippen molar-refractivity contribution in [3.63, 3.8) is 0 Å². The summed E-state index contributed by atoms with van der Waals surface area (Å²) in [4.78, 5) is 23.7. The molecule has 102 valence electrons. The largest absolute Gasteiger partial charge is 0.507 e. The van der Waals surface area contributed by atoms with Gasteiger partial charge in [0.2, 0.25) is 0 Å². The van der Waals surface area contributed by atoms with E-state index in [4.69, 9.17) is 0 Å². The maximum absolute atomic E-state index is 12.2. The molecule has 2 aromatic carbocycles. The van der Waals surface area contributed by atoms with Crippen LogP contribution >= 0.6 is 22.6 Å². The number of Topliss-reactive ketones (excluding diaryl/α,β-unsaturated/α-hetero) is 1. The highest BCUT2D eigenvalue weighted by molar-refractivity contribution is 14.1. The van der Waals surface area contributed by atoms with Gasteiger partial charge in [0.15, 0.2) is 5.78 Å². The zero-order valence-corrected chi connectivity index (χ0v) is 12.8. The van der Waals surface area contributed by atoms with E-state index in [2.05, 4.69) is 27.9 Å². The first-order valence-corrected chi connectivity index (χ1v) is 6.96. The third-order valence-electron chi connectivity index (χ3n) is 2.76. The van der Waals surface area contributed by atoms with E-state index in [-0.39, 0.29) is 17.1 Å². The van der Waals surface area contributed by atoms with Crippen molar-refractivity contribution in [2.24, 2.45) is 0 Å². The van der Waals surface area contributed by atoms with Crippen LogP contribution in [0.1, 0.15) is 27.6 Å². The fourth-order valence-electron chi connectivity index (χ4n) is 1.78. The number of amides is 1. The molecule has 0 bridgehead atoms. The molecule has 0 saturated heterocycles. The second-order valence-electron chi connectivity index (χ2n) is 4.22. The third kappa shape index (κ3) is 3.16. The van der Waals surface area contributed by atoms with E-state index in [9.17, 15) is 14.7 Å². The Morgan fingerprint density at radius 3 is 2.50 bits per heavy atom. The van der Waals surface area contributed by atoms with Gasteiger partial charge in [-0.1, -0.05) is 12.1 Å². The van der Waals surface area contributed by atoms with Gasteiger partial charge >= 0.3 is 0 Å². The molecule has 0 fully saturated rings. The Labute approximate surface area is 130 Å². The molecule has 0 aromatic heterocycles. The van der Waals surface area contributed by atoms with E-state index in [1.807, 2.05) is 0 Å². The molecule has 2 rings (SSSR count). The summed E-state index contributed by atoms with van der Waals surface area (Å²) in [5.41, 5.74) is 1.05. The molecule has 0 spiro atoms. The Bertz CT molecular complexity index is 683. The zero-order chi connectivity index (χ0) is 14.7. The first kappa shape index (κ1) is 14.5. The Morgan fingerprint density at radius 2 is 1.80 bits per heavy atom. The minimum atomic E-state index is -0.449. The van der Waals surface area contributed by atoms with Crippen molar-refractivity contribution >= 4 is 40.0 Å². The number of nitrogens with one attached hydrogen (secondary N) is 1. The first-order chi connectivity index (χ1) is 9.49. The molecular formula is C15H12INO3. The van der Waals surface area contributed by atoms with Crippen molar-refractivity contribution in [2.45, 2.75) is 6.92 Å². The maximum Gasteiger partial charge on any atom is 0.259 e. The molecule has 0 aliphatic carbocycles. The summed E-state index contributed by atoms with van der Waals surface area (Å²) in [6.45, 7) is 1.44. The molecule has 0 aliphatic rings. The smallest absolute Gasteiger partial charge is 0.259 e. The molecule has 2 N–H and O–H groups in total. The number of carbonyl (C=O) groups is 2. The molecule has 5 heteroatoms. The molecule has 0 unspecified atom stereocenters. The van der Waals surface area contributed by atoms with Crippen LogP contribution in [0.2, 0.25) is 0 Å². The standard InChI is InChI=1S/C15H12INO3/c1-9(18)11-4-2-3-5-13(11)17-15(20)12-8-10(16)6-7-14(12)19/h2-8,19H,1H3,(H,17,20). The van der Waals surface area contributed by atoms with Crippen molar-refractivity contribution in [3.8, 4) is 5.75 Å². The monoisotopic (exact) mass is 381 g/mol. The number of benzene rings is 2. The number of halogens is 1. The average molecular weight is 381 g/mol. The average Bonchev–Trinajstić information content (AvgIpc) is 2.41. The summed E-state index contributed by atoms with van der Waals surface area (Å²) in [5.74, 6) is -0.675. The summed E-state index contributed by atoms with van der Waals surface area (Å²) in [7, 11) is 0. The van der Waals surface area contributed by atoms with E-state index in [0.717, 1.165) is 3.57 Å². The van der Waals surface area contributed by atoms with Crippen LogP contribution in [-0.2, 0) is 0 Å². The van der Waals surface area contributed by atoms with Gasteiger partial charge in [-0.2, -0.15) is 0 Å². The van der Waals surface area contributed by atoms with Crippen LogP contribution in [-0.4, -0.2) is 16.8 Å². The fraction of sp³-hybridized carbons (Fsp3) is 0.0667. The normalized spacial score (nSPS) is 10.1. The van der Waals surface area contributed by atoms with E-state index in [1.165, 1.54) is 13.0 Å². The lowest BCUT2D eigenvalue weighted by atomic mass is 10.1. The van der Waals surface area contributed by atoms with Crippen LogP contribution in [0.3, 0.4) is 0 Å². The lowest BCUT2D eigenvalue weighted by molar-refractivity contribution is 0.101. The van der Waals surface area contributed by atoms with Gasteiger partial charge < -0.3 is 10.4 Å². The maximum atomic E-state index is 12.2. The predicted molar refractivity (Wildman–Crippen MR) is 85.2 cm³/mol. The second-order valence-corrected chi connectivity index (χ2v) is 5.46. The highest BCUT2D eigenvalue weighted by Crippen LogP contribution is 2.22. The van der Waals surface area contributed by atoms with Gasteiger partial charge in [-0.3, -0.25) is 9.59 Å². The minimum Gasteiger partial charge on any atom is -0.507 e. The molecule has 20 heavy (non-hydrogen) atoms. The number of phenols is 1. The Kier molecular flexibility index (Phi) is 4.39. The van der Waals surface area contributed by atoms with Crippen LogP contribution in [0.25, 0.3) is 0 Å². The van der Waals surface area contributed by atoms with Gasteiger partial charge in [-0.25, -0.2) is 0 Å². The minimum absolute atomic E-state index is 0.0942. The van der Waals surface area contributed by atoms with Gasteiger partial charge in [0.05, 0.1) is 11.3 Å². The summed E-state index contributed by atoms with van der Waals surface area (Å²) >= 11 is 2.06. The predicted octanol–water partition coefficient (Wildman–Crippen LogP) is 3.45. The van der Waals surface area contributed by atoms with Gasteiger partial charge in [0, 0.05) is 9.13 Å². The molecule has 0 saturated carbocycles. The topological polar surface area (TPSA) is 66.4 Å². The lowest BCUT2D eigenvalue weighted by Crippen LogP contribution is -2.14. The van der Waals surface area contributed by atoms with Gasteiger partial charge in [-0.05, 0) is 59.8 Å². The number of ketones is 1. The highest BCUT2D eigenvalue weighted by atomic mass is 127. The van der Waals surface area contributed by atoms with Crippen molar-refractivity contribution in [2.75, 3.05) is 5.32 Å². The number of para-hydroxylation sites is 1. The second kappa shape index (κ2) is 6.04. The van der Waals surface area contributed by atoms with Gasteiger partial charge in [-0.15, -0.1) is 0 Å². The van der Waals surface area contributed by atoms with Gasteiger partial charge in [0.1, 0.15) is 5.75 Å². The number of phenolic OH excluding ortho intramolecular Hbond substituents is 1. The summed E-state index contributed by atoms with van der Waals surface area (Å²) in [5, 5.41) is 12.4. The number of hydrogen-bond acceptors (Lipinski definition) is 3. The molecule has 4 nitrogen and oxygen atoms in total. The number of aromatic hydroxyl groups is 1. The highest BCUT2D eigenvalue weighted by Gasteiger charge is 2.14. The summed E-state index contributed by atoms with van der Waals surface area (Å²) in [6.07, 6.45) is 0. The third-order valence-corrected chi connectivity index (χ3v) is 3.43. The van der Waals surface area contributed by atoms with Crippen molar-refractivity contribution < 1.29 is 14.7 Å². The molecule has 1 amide bonds. The lowest BCUT2D eigenvalue weighted by Gasteiger charge is -2.10. The Morgan fingerprint density at radius 1 is 1.10 bits per heavy atom. The van der Waals surface area contributed by atoms with Gasteiger partial charge in [0.25, 0.3) is 5.91 Å².